The molecule has 3 aliphatic heterocycles. The third-order valence-corrected chi connectivity index (χ3v) is 7.21. The van der Waals surface area contributed by atoms with Crippen LogP contribution in [0.4, 0.5) is 0 Å². The zero-order chi connectivity index (χ0) is 20.3. The van der Waals surface area contributed by atoms with Gasteiger partial charge in [0.25, 0.3) is 0 Å². The second-order valence-corrected chi connectivity index (χ2v) is 9.05. The molecule has 3 saturated heterocycles. The summed E-state index contributed by atoms with van der Waals surface area (Å²) in [5, 5.41) is 9.72. The minimum atomic E-state index is -0.767. The number of piperidine rings is 1. The summed E-state index contributed by atoms with van der Waals surface area (Å²) in [6, 6.07) is 10.5. The Kier molecular flexibility index (Phi) is 6.20. The lowest BCUT2D eigenvalue weighted by Crippen LogP contribution is -2.40. The molecule has 0 radical (unpaired) electrons. The van der Waals surface area contributed by atoms with E-state index in [2.05, 4.69) is 29.2 Å². The van der Waals surface area contributed by atoms with Crippen molar-refractivity contribution in [3.05, 3.63) is 35.9 Å². The van der Waals surface area contributed by atoms with Crippen molar-refractivity contribution in [3.8, 4) is 0 Å². The van der Waals surface area contributed by atoms with Crippen LogP contribution in [0.3, 0.4) is 0 Å². The Balaban J connectivity index is 1.28. The van der Waals surface area contributed by atoms with Crippen molar-refractivity contribution in [1.29, 1.82) is 0 Å². The molecule has 0 aliphatic carbocycles. The average molecular weight is 401 g/mol. The van der Waals surface area contributed by atoms with Crippen molar-refractivity contribution in [1.82, 2.24) is 9.80 Å². The summed E-state index contributed by atoms with van der Waals surface area (Å²) in [5.41, 5.74) is 1.04. The van der Waals surface area contributed by atoms with E-state index in [1.165, 1.54) is 5.56 Å². The van der Waals surface area contributed by atoms with Gasteiger partial charge in [0.2, 0.25) is 5.91 Å². The maximum absolute atomic E-state index is 13.0. The normalized spacial score (nSPS) is 25.4. The molecule has 3 heterocycles. The Labute approximate surface area is 172 Å². The largest absolute Gasteiger partial charge is 0.481 e. The molecule has 1 unspecified atom stereocenters. The topological polar surface area (TPSA) is 70.1 Å². The first-order chi connectivity index (χ1) is 14.1. The second-order valence-electron chi connectivity index (χ2n) is 9.05. The maximum atomic E-state index is 13.0. The molecule has 3 aliphatic rings. The third-order valence-electron chi connectivity index (χ3n) is 7.21. The van der Waals surface area contributed by atoms with Crippen LogP contribution >= 0.6 is 0 Å². The number of likely N-dealkylation sites (tertiary alicyclic amines) is 2. The van der Waals surface area contributed by atoms with Crippen LogP contribution in [0.2, 0.25) is 0 Å². The van der Waals surface area contributed by atoms with Gasteiger partial charge in [-0.25, -0.2) is 0 Å². The summed E-state index contributed by atoms with van der Waals surface area (Å²) in [6.45, 7) is 5.16. The fourth-order valence-electron chi connectivity index (χ4n) is 5.35. The molecule has 4 rings (SSSR count). The highest BCUT2D eigenvalue weighted by Gasteiger charge is 2.52. The van der Waals surface area contributed by atoms with Crippen LogP contribution in [-0.4, -0.2) is 66.2 Å². The van der Waals surface area contributed by atoms with Gasteiger partial charge in [-0.2, -0.15) is 0 Å². The molecule has 1 amide bonds. The number of hydrogen-bond donors (Lipinski definition) is 1. The number of hydrogen-bond acceptors (Lipinski definition) is 4. The van der Waals surface area contributed by atoms with Gasteiger partial charge < -0.3 is 14.7 Å². The van der Waals surface area contributed by atoms with E-state index in [9.17, 15) is 14.7 Å². The van der Waals surface area contributed by atoms with Crippen molar-refractivity contribution in [2.75, 3.05) is 39.4 Å². The van der Waals surface area contributed by atoms with Gasteiger partial charge in [0.05, 0.1) is 5.92 Å². The molecule has 1 aromatic rings. The molecule has 158 valence electrons. The summed E-state index contributed by atoms with van der Waals surface area (Å²) < 4.78 is 5.45. The predicted molar refractivity (Wildman–Crippen MR) is 109 cm³/mol. The molecule has 6 heteroatoms. The number of carboxylic acid groups (broad SMARTS) is 1. The van der Waals surface area contributed by atoms with Gasteiger partial charge in [-0.1, -0.05) is 30.3 Å². The van der Waals surface area contributed by atoms with Gasteiger partial charge in [0, 0.05) is 44.7 Å². The molecular weight excluding hydrogens is 368 g/mol. The van der Waals surface area contributed by atoms with Gasteiger partial charge in [-0.05, 0) is 50.3 Å². The minimum Gasteiger partial charge on any atom is -0.481 e. The fraction of sp³-hybridized carbons (Fsp3) is 0.652. The number of carbonyl (C=O) groups excluding carboxylic acids is 1. The van der Waals surface area contributed by atoms with Crippen molar-refractivity contribution >= 4 is 11.9 Å². The highest BCUT2D eigenvalue weighted by atomic mass is 16.5. The molecule has 1 N–H and O–H groups in total. The molecule has 0 saturated carbocycles. The first-order valence-electron chi connectivity index (χ1n) is 10.9. The molecule has 0 bridgehead atoms. The van der Waals surface area contributed by atoms with Gasteiger partial charge in [0.1, 0.15) is 0 Å². The molecular formula is C23H32N2O4. The molecule has 3 fully saturated rings. The first-order valence-corrected chi connectivity index (χ1v) is 10.9. The van der Waals surface area contributed by atoms with Crippen LogP contribution < -0.4 is 0 Å². The SMILES string of the molecule is O=C(O)C1CN(C(=O)CC2CCN(Cc3ccccc3)CC2)CC12CCOCC2. The number of ether oxygens (including phenoxy) is 1. The van der Waals surface area contributed by atoms with Crippen LogP contribution in [0.25, 0.3) is 0 Å². The van der Waals surface area contributed by atoms with Crippen molar-refractivity contribution in [3.63, 3.8) is 0 Å². The van der Waals surface area contributed by atoms with Crippen molar-refractivity contribution in [2.24, 2.45) is 17.3 Å². The highest BCUT2D eigenvalue weighted by Crippen LogP contribution is 2.44. The van der Waals surface area contributed by atoms with Crippen molar-refractivity contribution in [2.45, 2.75) is 38.6 Å². The van der Waals surface area contributed by atoms with Crippen LogP contribution in [-0.2, 0) is 20.9 Å². The zero-order valence-corrected chi connectivity index (χ0v) is 17.1. The summed E-state index contributed by atoms with van der Waals surface area (Å²) in [6.07, 6.45) is 4.11. The number of rotatable bonds is 5. The summed E-state index contributed by atoms with van der Waals surface area (Å²) in [7, 11) is 0. The van der Waals surface area contributed by atoms with E-state index in [0.717, 1.165) is 45.3 Å². The summed E-state index contributed by atoms with van der Waals surface area (Å²) in [5.74, 6) is -0.676. The summed E-state index contributed by atoms with van der Waals surface area (Å²) in [4.78, 5) is 29.1. The van der Waals surface area contributed by atoms with Crippen LogP contribution in [0, 0.1) is 17.3 Å². The average Bonchev–Trinajstić information content (AvgIpc) is 3.10. The Hall–Kier alpha value is -1.92. The first kappa shape index (κ1) is 20.4. The number of aliphatic carboxylic acids is 1. The number of benzene rings is 1. The van der Waals surface area contributed by atoms with E-state index in [0.29, 0.717) is 38.6 Å². The van der Waals surface area contributed by atoms with E-state index >= 15 is 0 Å². The molecule has 0 aromatic heterocycles. The molecule has 29 heavy (non-hydrogen) atoms. The van der Waals surface area contributed by atoms with Gasteiger partial charge in [-0.15, -0.1) is 0 Å². The Morgan fingerprint density at radius 1 is 1.10 bits per heavy atom. The lowest BCUT2D eigenvalue weighted by molar-refractivity contribution is -0.146. The van der Waals surface area contributed by atoms with Crippen molar-refractivity contribution < 1.29 is 19.4 Å². The fourth-order valence-corrected chi connectivity index (χ4v) is 5.35. The number of carbonyl (C=O) groups is 2. The maximum Gasteiger partial charge on any atom is 0.308 e. The Bertz CT molecular complexity index is 709. The van der Waals surface area contributed by atoms with Gasteiger partial charge in [0.15, 0.2) is 0 Å². The highest BCUT2D eigenvalue weighted by molar-refractivity contribution is 5.79. The zero-order valence-electron chi connectivity index (χ0n) is 17.1. The molecule has 1 aromatic carbocycles. The predicted octanol–water partition coefficient (Wildman–Crippen LogP) is 2.63. The van der Waals surface area contributed by atoms with Crippen LogP contribution in [0.15, 0.2) is 30.3 Å². The monoisotopic (exact) mass is 400 g/mol. The lowest BCUT2D eigenvalue weighted by Gasteiger charge is -2.36. The minimum absolute atomic E-state index is 0.140. The van der Waals surface area contributed by atoms with Crippen LogP contribution in [0.1, 0.15) is 37.7 Å². The molecule has 1 atom stereocenters. The van der Waals surface area contributed by atoms with E-state index in [-0.39, 0.29) is 11.3 Å². The van der Waals surface area contributed by atoms with Gasteiger partial charge >= 0.3 is 5.97 Å². The lowest BCUT2D eigenvalue weighted by atomic mass is 9.72. The van der Waals surface area contributed by atoms with Gasteiger partial charge in [-0.3, -0.25) is 14.5 Å². The number of carboxylic acids is 1. The van der Waals surface area contributed by atoms with E-state index in [1.807, 2.05) is 11.0 Å². The quantitative estimate of drug-likeness (QED) is 0.823. The van der Waals surface area contributed by atoms with E-state index < -0.39 is 11.9 Å². The smallest absolute Gasteiger partial charge is 0.308 e. The molecule has 1 spiro atoms. The number of amides is 1. The standard InChI is InChI=1S/C23H32N2O4/c26-21(25-16-20(22(27)28)23(17-25)8-12-29-13-9-23)14-18-6-10-24(11-7-18)15-19-4-2-1-3-5-19/h1-5,18,20H,6-17H2,(H,27,28). The Morgan fingerprint density at radius 2 is 1.79 bits per heavy atom. The second kappa shape index (κ2) is 8.84. The van der Waals surface area contributed by atoms with E-state index in [4.69, 9.17) is 4.74 Å². The number of nitrogens with zero attached hydrogens (tertiary/aromatic N) is 2. The third kappa shape index (κ3) is 4.64. The summed E-state index contributed by atoms with van der Waals surface area (Å²) >= 11 is 0. The van der Waals surface area contributed by atoms with Crippen LogP contribution in [0.5, 0.6) is 0 Å². The Morgan fingerprint density at radius 3 is 2.45 bits per heavy atom. The van der Waals surface area contributed by atoms with E-state index in [1.54, 1.807) is 0 Å². The molecule has 6 nitrogen and oxygen atoms in total.